The molecule has 1 amide bonds. The number of aromatic nitrogens is 3. The molecule has 0 aliphatic heterocycles. The van der Waals surface area contributed by atoms with E-state index in [9.17, 15) is 9.59 Å². The summed E-state index contributed by atoms with van der Waals surface area (Å²) >= 11 is 0. The maximum atomic E-state index is 11.1. The summed E-state index contributed by atoms with van der Waals surface area (Å²) in [6, 6.07) is 0. The lowest BCUT2D eigenvalue weighted by atomic mass is 10.3. The molecule has 1 aromatic rings. The normalized spacial score (nSPS) is 9.50. The number of amides is 1. The molecule has 0 fully saturated rings. The molecule has 0 saturated carbocycles. The Morgan fingerprint density at radius 3 is 2.93 bits per heavy atom. The number of methoxy groups -OCH3 is 1. The summed E-state index contributed by atoms with van der Waals surface area (Å²) in [5.74, 6) is -0.551. The van der Waals surface area contributed by atoms with Crippen molar-refractivity contribution in [3.8, 4) is 0 Å². The third-order valence-electron chi connectivity index (χ3n) is 1.42. The average molecular weight is 197 g/mol. The molecule has 75 valence electrons. The molecule has 1 heterocycles. The summed E-state index contributed by atoms with van der Waals surface area (Å²) in [6.45, 7) is 0. The molecule has 0 aliphatic carbocycles. The van der Waals surface area contributed by atoms with E-state index < -0.39 is 5.97 Å². The Hall–Kier alpha value is -1.92. The lowest BCUT2D eigenvalue weighted by molar-refractivity contribution is -0.141. The molecule has 2 N–H and O–H groups in total. The minimum Gasteiger partial charge on any atom is -0.469 e. The van der Waals surface area contributed by atoms with Crippen LogP contribution >= 0.6 is 0 Å². The smallest absolute Gasteiger partial charge is 0.306 e. The van der Waals surface area contributed by atoms with Crippen LogP contribution in [0, 0.1) is 6.33 Å². The second-order valence-corrected chi connectivity index (χ2v) is 2.41. The molecule has 0 unspecified atom stereocenters. The summed E-state index contributed by atoms with van der Waals surface area (Å²) in [6.07, 6.45) is 2.41. The highest BCUT2D eigenvalue weighted by Gasteiger charge is 2.07. The van der Waals surface area contributed by atoms with E-state index in [4.69, 9.17) is 0 Å². The number of esters is 1. The van der Waals surface area contributed by atoms with Crippen LogP contribution in [0.1, 0.15) is 12.8 Å². The number of nitrogens with one attached hydrogen (secondary N) is 2. The van der Waals surface area contributed by atoms with E-state index in [1.807, 2.05) is 0 Å². The minimum atomic E-state index is -0.427. The van der Waals surface area contributed by atoms with Crippen molar-refractivity contribution in [2.75, 3.05) is 12.4 Å². The molecule has 0 bridgehead atoms. The van der Waals surface area contributed by atoms with Gasteiger partial charge in [-0.1, -0.05) is 0 Å². The van der Waals surface area contributed by atoms with Gasteiger partial charge in [0.05, 0.1) is 13.5 Å². The monoisotopic (exact) mass is 197 g/mol. The summed E-state index contributed by atoms with van der Waals surface area (Å²) < 4.78 is 4.37. The van der Waals surface area contributed by atoms with Crippen molar-refractivity contribution in [1.29, 1.82) is 0 Å². The molecule has 0 atom stereocenters. The van der Waals surface area contributed by atoms with Crippen molar-refractivity contribution in [2.24, 2.45) is 0 Å². The van der Waals surface area contributed by atoms with E-state index in [0.717, 1.165) is 0 Å². The van der Waals surface area contributed by atoms with Gasteiger partial charge in [-0.05, 0) is 0 Å². The lowest BCUT2D eigenvalue weighted by Gasteiger charge is -1.99. The Morgan fingerprint density at radius 2 is 2.36 bits per heavy atom. The molecular formula is C7H9N4O3. The SMILES string of the molecule is COC(=O)CCC(=O)Nc1nn[c][nH]1. The summed E-state index contributed by atoms with van der Waals surface area (Å²) in [7, 11) is 1.27. The van der Waals surface area contributed by atoms with Gasteiger partial charge in [-0.25, -0.2) is 0 Å². The van der Waals surface area contributed by atoms with E-state index >= 15 is 0 Å². The zero-order valence-electron chi connectivity index (χ0n) is 7.53. The number of ether oxygens (including phenoxy) is 1. The highest BCUT2D eigenvalue weighted by atomic mass is 16.5. The number of anilines is 1. The van der Waals surface area contributed by atoms with Crippen LogP contribution in [0.2, 0.25) is 0 Å². The number of aromatic amines is 1. The fourth-order valence-corrected chi connectivity index (χ4v) is 0.746. The molecule has 0 aromatic carbocycles. The first-order valence-electron chi connectivity index (χ1n) is 3.87. The van der Waals surface area contributed by atoms with E-state index in [2.05, 4.69) is 31.6 Å². The number of nitrogens with zero attached hydrogens (tertiary/aromatic N) is 2. The van der Waals surface area contributed by atoms with E-state index in [0.29, 0.717) is 0 Å². The van der Waals surface area contributed by atoms with Crippen LogP contribution in [0.25, 0.3) is 0 Å². The van der Waals surface area contributed by atoms with Gasteiger partial charge in [0.1, 0.15) is 0 Å². The van der Waals surface area contributed by atoms with Crippen molar-refractivity contribution >= 4 is 17.8 Å². The second kappa shape index (κ2) is 4.95. The van der Waals surface area contributed by atoms with E-state index in [1.54, 1.807) is 0 Å². The first-order chi connectivity index (χ1) is 6.72. The number of rotatable bonds is 4. The van der Waals surface area contributed by atoms with Crippen LogP contribution in [0.15, 0.2) is 0 Å². The number of hydrogen-bond acceptors (Lipinski definition) is 5. The highest BCUT2D eigenvalue weighted by Crippen LogP contribution is 1.97. The van der Waals surface area contributed by atoms with Crippen molar-refractivity contribution in [2.45, 2.75) is 12.8 Å². The van der Waals surface area contributed by atoms with Crippen molar-refractivity contribution in [1.82, 2.24) is 15.2 Å². The molecule has 7 nitrogen and oxygen atoms in total. The van der Waals surface area contributed by atoms with Gasteiger partial charge in [-0.15, -0.1) is 10.2 Å². The Kier molecular flexibility index (Phi) is 3.59. The quantitative estimate of drug-likeness (QED) is 0.634. The molecule has 0 spiro atoms. The summed E-state index contributed by atoms with van der Waals surface area (Å²) in [5, 5.41) is 9.24. The van der Waals surface area contributed by atoms with Gasteiger partial charge < -0.3 is 9.72 Å². The molecule has 14 heavy (non-hydrogen) atoms. The molecule has 1 rings (SSSR count). The van der Waals surface area contributed by atoms with Crippen molar-refractivity contribution in [3.05, 3.63) is 6.33 Å². The Morgan fingerprint density at radius 1 is 1.57 bits per heavy atom. The molecule has 0 saturated heterocycles. The maximum absolute atomic E-state index is 11.1. The topological polar surface area (TPSA) is 97.0 Å². The van der Waals surface area contributed by atoms with E-state index in [-0.39, 0.29) is 24.7 Å². The first-order valence-corrected chi connectivity index (χ1v) is 3.87. The third-order valence-corrected chi connectivity index (χ3v) is 1.42. The van der Waals surface area contributed by atoms with Gasteiger partial charge in [-0.2, -0.15) is 0 Å². The van der Waals surface area contributed by atoms with Crippen LogP contribution in [0.5, 0.6) is 0 Å². The summed E-state index contributed by atoms with van der Waals surface area (Å²) in [4.78, 5) is 24.3. The molecular weight excluding hydrogens is 188 g/mol. The van der Waals surface area contributed by atoms with Gasteiger partial charge in [0.25, 0.3) is 0 Å². The van der Waals surface area contributed by atoms with Gasteiger partial charge in [0.15, 0.2) is 0 Å². The zero-order valence-corrected chi connectivity index (χ0v) is 7.53. The highest BCUT2D eigenvalue weighted by molar-refractivity contribution is 5.90. The first kappa shape index (κ1) is 10.2. The Bertz CT molecular complexity index is 309. The van der Waals surface area contributed by atoms with Crippen LogP contribution in [-0.2, 0) is 14.3 Å². The number of carbonyl (C=O) groups is 2. The molecule has 7 heteroatoms. The van der Waals surface area contributed by atoms with Crippen molar-refractivity contribution < 1.29 is 14.3 Å². The van der Waals surface area contributed by atoms with Crippen LogP contribution in [0.3, 0.4) is 0 Å². The predicted octanol–water partition coefficient (Wildman–Crippen LogP) is -0.503. The van der Waals surface area contributed by atoms with Gasteiger partial charge in [-0.3, -0.25) is 14.9 Å². The maximum Gasteiger partial charge on any atom is 0.306 e. The minimum absolute atomic E-state index is 0.0418. The zero-order chi connectivity index (χ0) is 10.4. The lowest BCUT2D eigenvalue weighted by Crippen LogP contribution is -2.14. The van der Waals surface area contributed by atoms with Gasteiger partial charge in [0, 0.05) is 6.42 Å². The van der Waals surface area contributed by atoms with Crippen molar-refractivity contribution in [3.63, 3.8) is 0 Å². The van der Waals surface area contributed by atoms with Crippen LogP contribution in [0.4, 0.5) is 5.95 Å². The largest absolute Gasteiger partial charge is 0.469 e. The fraction of sp³-hybridized carbons (Fsp3) is 0.429. The molecule has 1 radical (unpaired) electrons. The van der Waals surface area contributed by atoms with Crippen LogP contribution < -0.4 is 5.32 Å². The fourth-order valence-electron chi connectivity index (χ4n) is 0.746. The van der Waals surface area contributed by atoms with E-state index in [1.165, 1.54) is 7.11 Å². The van der Waals surface area contributed by atoms with Gasteiger partial charge >= 0.3 is 5.97 Å². The number of H-pyrrole nitrogens is 1. The second-order valence-electron chi connectivity index (χ2n) is 2.41. The third kappa shape index (κ3) is 3.21. The number of hydrogen-bond donors (Lipinski definition) is 2. The average Bonchev–Trinajstić information content (AvgIpc) is 2.66. The predicted molar refractivity (Wildman–Crippen MR) is 45.1 cm³/mol. The molecule has 0 aliphatic rings. The standard InChI is InChI=1S/C7H9N4O3/c1-14-6(13)3-2-5(12)10-7-8-4-9-11-7/h2-3H2,1H3,(H2,8,9,10,11,12). The molecule has 1 aromatic heterocycles. The Balaban J connectivity index is 2.26. The van der Waals surface area contributed by atoms with Gasteiger partial charge in [0.2, 0.25) is 18.2 Å². The Labute approximate surface area is 79.9 Å². The number of carbonyl (C=O) groups excluding carboxylic acids is 2. The summed E-state index contributed by atoms with van der Waals surface area (Å²) in [5.41, 5.74) is 0. The van der Waals surface area contributed by atoms with Crippen LogP contribution in [-0.4, -0.2) is 34.2 Å².